The molecule has 0 bridgehead atoms. The zero-order valence-electron chi connectivity index (χ0n) is 18.2. The van der Waals surface area contributed by atoms with Crippen molar-refractivity contribution >= 4 is 23.2 Å². The minimum atomic E-state index is -0.611. The molecule has 0 aliphatic carbocycles. The Balaban J connectivity index is 1.57. The van der Waals surface area contributed by atoms with Gasteiger partial charge in [-0.1, -0.05) is 24.3 Å². The SMILES string of the molecule is CCn1cncc1C(=O)N1CC[C@@](Cc2ccc(-c3ccsc3)cc2)(C(=O)N(C)C)C1. The summed E-state index contributed by atoms with van der Waals surface area (Å²) in [5, 5.41) is 4.20. The van der Waals surface area contributed by atoms with Gasteiger partial charge in [0.1, 0.15) is 5.69 Å². The van der Waals surface area contributed by atoms with E-state index in [1.165, 1.54) is 11.1 Å². The van der Waals surface area contributed by atoms with Gasteiger partial charge in [0.25, 0.3) is 5.91 Å². The average Bonchev–Trinajstić information content (AvgIpc) is 3.54. The number of nitrogens with zero attached hydrogens (tertiary/aromatic N) is 4. The number of likely N-dealkylation sites (tertiary alicyclic amines) is 1. The predicted molar refractivity (Wildman–Crippen MR) is 123 cm³/mol. The lowest BCUT2D eigenvalue weighted by Crippen LogP contribution is -2.44. The van der Waals surface area contributed by atoms with Crippen molar-refractivity contribution in [3.8, 4) is 11.1 Å². The minimum Gasteiger partial charge on any atom is -0.348 e. The molecule has 6 nitrogen and oxygen atoms in total. The molecule has 0 spiro atoms. The van der Waals surface area contributed by atoms with Crippen LogP contribution in [-0.4, -0.2) is 58.4 Å². The molecule has 1 aromatic carbocycles. The summed E-state index contributed by atoms with van der Waals surface area (Å²) in [6.45, 7) is 3.67. The quantitative estimate of drug-likeness (QED) is 0.591. The fraction of sp³-hybridized carbons (Fsp3) is 0.375. The van der Waals surface area contributed by atoms with Crippen LogP contribution in [0.2, 0.25) is 0 Å². The van der Waals surface area contributed by atoms with Crippen molar-refractivity contribution < 1.29 is 9.59 Å². The van der Waals surface area contributed by atoms with Crippen LogP contribution in [0.1, 0.15) is 29.4 Å². The molecular weight excluding hydrogens is 408 g/mol. The summed E-state index contributed by atoms with van der Waals surface area (Å²) in [6.07, 6.45) is 4.56. The number of amides is 2. The number of thiophene rings is 1. The number of imidazole rings is 1. The number of hydrogen-bond acceptors (Lipinski definition) is 4. The van der Waals surface area contributed by atoms with Gasteiger partial charge in [-0.3, -0.25) is 9.59 Å². The van der Waals surface area contributed by atoms with Gasteiger partial charge in [0.15, 0.2) is 0 Å². The number of benzene rings is 1. The molecule has 1 fully saturated rings. The third kappa shape index (κ3) is 4.14. The summed E-state index contributed by atoms with van der Waals surface area (Å²) in [4.78, 5) is 34.0. The number of hydrogen-bond donors (Lipinski definition) is 0. The van der Waals surface area contributed by atoms with Crippen molar-refractivity contribution in [2.75, 3.05) is 27.2 Å². The molecule has 3 aromatic rings. The lowest BCUT2D eigenvalue weighted by atomic mass is 9.79. The van der Waals surface area contributed by atoms with Gasteiger partial charge in [-0.15, -0.1) is 0 Å². The highest BCUT2D eigenvalue weighted by atomic mass is 32.1. The van der Waals surface area contributed by atoms with Crippen LogP contribution in [0.25, 0.3) is 11.1 Å². The summed E-state index contributed by atoms with van der Waals surface area (Å²) in [7, 11) is 3.58. The van der Waals surface area contributed by atoms with E-state index in [0.717, 1.165) is 5.56 Å². The second-order valence-electron chi connectivity index (χ2n) is 8.41. The van der Waals surface area contributed by atoms with Gasteiger partial charge in [-0.2, -0.15) is 11.3 Å². The van der Waals surface area contributed by atoms with Crippen LogP contribution in [0.3, 0.4) is 0 Å². The topological polar surface area (TPSA) is 58.4 Å². The number of carbonyl (C=O) groups excluding carboxylic acids is 2. The number of rotatable bonds is 6. The van der Waals surface area contributed by atoms with E-state index in [1.807, 2.05) is 16.4 Å². The van der Waals surface area contributed by atoms with E-state index in [-0.39, 0.29) is 11.8 Å². The molecule has 31 heavy (non-hydrogen) atoms. The Bertz CT molecular complexity index is 1060. The van der Waals surface area contributed by atoms with Gasteiger partial charge in [-0.25, -0.2) is 4.98 Å². The molecular formula is C24H28N4O2S. The normalized spacial score (nSPS) is 18.4. The van der Waals surface area contributed by atoms with Gasteiger partial charge >= 0.3 is 0 Å². The third-order valence-electron chi connectivity index (χ3n) is 6.12. The van der Waals surface area contributed by atoms with Crippen LogP contribution in [-0.2, 0) is 17.8 Å². The summed E-state index contributed by atoms with van der Waals surface area (Å²) in [5.41, 5.74) is 3.47. The van der Waals surface area contributed by atoms with Gasteiger partial charge in [-0.05, 0) is 53.3 Å². The van der Waals surface area contributed by atoms with Crippen LogP contribution in [0.15, 0.2) is 53.6 Å². The van der Waals surface area contributed by atoms with Crippen LogP contribution >= 0.6 is 11.3 Å². The molecule has 4 rings (SSSR count). The van der Waals surface area contributed by atoms with Crippen LogP contribution in [0, 0.1) is 5.41 Å². The highest BCUT2D eigenvalue weighted by molar-refractivity contribution is 7.08. The summed E-state index contributed by atoms with van der Waals surface area (Å²) >= 11 is 1.68. The first-order chi connectivity index (χ1) is 14.9. The van der Waals surface area contributed by atoms with Crippen LogP contribution < -0.4 is 0 Å². The molecule has 1 saturated heterocycles. The number of aromatic nitrogens is 2. The van der Waals surface area contributed by atoms with Gasteiger partial charge in [0, 0.05) is 33.7 Å². The largest absolute Gasteiger partial charge is 0.348 e. The Labute approximate surface area is 187 Å². The fourth-order valence-electron chi connectivity index (χ4n) is 4.46. The molecule has 0 saturated carbocycles. The second-order valence-corrected chi connectivity index (χ2v) is 9.19. The smallest absolute Gasteiger partial charge is 0.272 e. The maximum atomic E-state index is 13.3. The van der Waals surface area contributed by atoms with Crippen molar-refractivity contribution in [1.82, 2.24) is 19.4 Å². The summed E-state index contributed by atoms with van der Waals surface area (Å²) < 4.78 is 1.85. The summed E-state index contributed by atoms with van der Waals surface area (Å²) in [5.74, 6) is 0.0225. The molecule has 162 valence electrons. The Morgan fingerprint density at radius 1 is 1.16 bits per heavy atom. The van der Waals surface area contributed by atoms with Crippen molar-refractivity contribution in [3.63, 3.8) is 0 Å². The lowest BCUT2D eigenvalue weighted by molar-refractivity contribution is -0.138. The van der Waals surface area contributed by atoms with Gasteiger partial charge < -0.3 is 14.4 Å². The number of aryl methyl sites for hydroxylation is 1. The molecule has 7 heteroatoms. The van der Waals surface area contributed by atoms with E-state index >= 15 is 0 Å². The van der Waals surface area contributed by atoms with Crippen LogP contribution in [0.4, 0.5) is 0 Å². The first kappa shape index (κ1) is 21.3. The Morgan fingerprint density at radius 2 is 1.94 bits per heavy atom. The molecule has 2 aromatic heterocycles. The molecule has 1 aliphatic rings. The lowest BCUT2D eigenvalue weighted by Gasteiger charge is -2.31. The van der Waals surface area contributed by atoms with Gasteiger partial charge in [0.2, 0.25) is 5.91 Å². The Morgan fingerprint density at radius 3 is 2.58 bits per heavy atom. The molecule has 0 N–H and O–H groups in total. The van der Waals surface area contributed by atoms with E-state index < -0.39 is 5.41 Å². The monoisotopic (exact) mass is 436 g/mol. The standard InChI is InChI=1S/C24H28N4O2S/c1-4-27-17-25-14-21(27)22(29)28-11-10-24(16-28,23(30)26(2)3)13-18-5-7-19(8-6-18)20-9-12-31-15-20/h5-9,12,14-15,17H,4,10-11,13,16H2,1-3H3/t24-/m0/s1. The third-order valence-corrected chi connectivity index (χ3v) is 6.81. The van der Waals surface area contributed by atoms with E-state index in [0.29, 0.717) is 38.2 Å². The average molecular weight is 437 g/mol. The molecule has 0 radical (unpaired) electrons. The maximum Gasteiger partial charge on any atom is 0.272 e. The van der Waals surface area contributed by atoms with Crippen molar-refractivity contribution in [3.05, 3.63) is 64.9 Å². The molecule has 0 unspecified atom stereocenters. The van der Waals surface area contributed by atoms with Gasteiger partial charge in [0.05, 0.1) is 17.9 Å². The highest BCUT2D eigenvalue weighted by Gasteiger charge is 2.47. The molecule has 2 amide bonds. The number of carbonyl (C=O) groups is 2. The van der Waals surface area contributed by atoms with Crippen molar-refractivity contribution in [1.29, 1.82) is 0 Å². The minimum absolute atomic E-state index is 0.0550. The Kier molecular flexibility index (Phi) is 5.96. The van der Waals surface area contributed by atoms with E-state index in [9.17, 15) is 9.59 Å². The first-order valence-corrected chi connectivity index (χ1v) is 11.5. The van der Waals surface area contributed by atoms with Crippen molar-refractivity contribution in [2.24, 2.45) is 5.41 Å². The molecule has 1 atom stereocenters. The fourth-order valence-corrected chi connectivity index (χ4v) is 5.13. The molecule has 1 aliphatic heterocycles. The predicted octanol–water partition coefficient (Wildman–Crippen LogP) is 3.79. The van der Waals surface area contributed by atoms with E-state index in [1.54, 1.807) is 42.9 Å². The zero-order chi connectivity index (χ0) is 22.0. The summed E-state index contributed by atoms with van der Waals surface area (Å²) in [6, 6.07) is 10.5. The van der Waals surface area contributed by atoms with E-state index in [2.05, 4.69) is 46.1 Å². The zero-order valence-corrected chi connectivity index (χ0v) is 19.1. The highest BCUT2D eigenvalue weighted by Crippen LogP contribution is 2.37. The van der Waals surface area contributed by atoms with Crippen LogP contribution in [0.5, 0.6) is 0 Å². The maximum absolute atomic E-state index is 13.3. The van der Waals surface area contributed by atoms with E-state index in [4.69, 9.17) is 0 Å². The molecule has 3 heterocycles. The second kappa shape index (κ2) is 8.67. The first-order valence-electron chi connectivity index (χ1n) is 10.6. The Hall–Kier alpha value is -2.93. The van der Waals surface area contributed by atoms with Crippen molar-refractivity contribution in [2.45, 2.75) is 26.3 Å².